The summed E-state index contributed by atoms with van der Waals surface area (Å²) in [6.45, 7) is 0. The largest absolute Gasteiger partial charge is 0.399 e. The summed E-state index contributed by atoms with van der Waals surface area (Å²) in [5.74, 6) is -1.96. The number of hydrogen-bond acceptors (Lipinski definition) is 3. The summed E-state index contributed by atoms with van der Waals surface area (Å²) in [5, 5.41) is 2.62. The zero-order chi connectivity index (χ0) is 14.0. The van der Waals surface area contributed by atoms with Gasteiger partial charge in [-0.3, -0.25) is 4.79 Å². The number of anilines is 3. The van der Waals surface area contributed by atoms with Crippen molar-refractivity contribution < 1.29 is 13.6 Å². The van der Waals surface area contributed by atoms with Crippen molar-refractivity contribution in [3.8, 4) is 0 Å². The van der Waals surface area contributed by atoms with E-state index in [1.807, 2.05) is 0 Å². The molecule has 4 nitrogen and oxygen atoms in total. The van der Waals surface area contributed by atoms with Gasteiger partial charge in [0.15, 0.2) is 0 Å². The van der Waals surface area contributed by atoms with Gasteiger partial charge in [-0.25, -0.2) is 8.78 Å². The molecular formula is C13H11F2N3O. The van der Waals surface area contributed by atoms with Gasteiger partial charge in [0.2, 0.25) is 0 Å². The summed E-state index contributed by atoms with van der Waals surface area (Å²) in [7, 11) is 0. The highest BCUT2D eigenvalue weighted by Gasteiger charge is 2.11. The number of carbonyl (C=O) groups is 1. The van der Waals surface area contributed by atoms with Gasteiger partial charge in [-0.1, -0.05) is 0 Å². The maximum Gasteiger partial charge on any atom is 0.250 e. The van der Waals surface area contributed by atoms with Crippen LogP contribution >= 0.6 is 0 Å². The Hall–Kier alpha value is -2.63. The van der Waals surface area contributed by atoms with E-state index in [4.69, 9.17) is 11.5 Å². The van der Waals surface area contributed by atoms with Gasteiger partial charge in [-0.2, -0.15) is 0 Å². The van der Waals surface area contributed by atoms with Gasteiger partial charge in [-0.15, -0.1) is 0 Å². The Bertz CT molecular complexity index is 644. The Balaban J connectivity index is 2.43. The molecule has 1 amide bonds. The molecule has 0 aliphatic carbocycles. The lowest BCUT2D eigenvalue weighted by molar-refractivity contribution is 0.100. The number of carbonyl (C=O) groups excluding carboxylic acids is 1. The molecule has 0 unspecified atom stereocenters. The van der Waals surface area contributed by atoms with E-state index in [1.165, 1.54) is 18.2 Å². The molecule has 0 spiro atoms. The normalized spacial score (nSPS) is 10.2. The lowest BCUT2D eigenvalue weighted by Gasteiger charge is -2.11. The minimum absolute atomic E-state index is 0.0905. The number of rotatable bonds is 3. The average molecular weight is 263 g/mol. The Kier molecular flexibility index (Phi) is 3.33. The highest BCUT2D eigenvalue weighted by Crippen LogP contribution is 2.25. The molecule has 0 fully saturated rings. The van der Waals surface area contributed by atoms with Crippen LogP contribution in [0.4, 0.5) is 25.8 Å². The molecule has 2 rings (SSSR count). The number of nitrogen functional groups attached to an aromatic ring is 1. The topological polar surface area (TPSA) is 81.1 Å². The number of amides is 1. The number of primary amides is 1. The Morgan fingerprint density at radius 2 is 1.79 bits per heavy atom. The van der Waals surface area contributed by atoms with Crippen LogP contribution in [0.15, 0.2) is 36.4 Å². The quantitative estimate of drug-likeness (QED) is 0.744. The number of hydrogen-bond donors (Lipinski definition) is 3. The van der Waals surface area contributed by atoms with Crippen molar-refractivity contribution in [2.24, 2.45) is 5.73 Å². The molecule has 0 atom stereocenters. The van der Waals surface area contributed by atoms with E-state index >= 15 is 0 Å². The lowest BCUT2D eigenvalue weighted by Crippen LogP contribution is -2.14. The van der Waals surface area contributed by atoms with Crippen LogP contribution in [0.3, 0.4) is 0 Å². The maximum atomic E-state index is 13.5. The summed E-state index contributed by atoms with van der Waals surface area (Å²) in [6.07, 6.45) is 0. The third kappa shape index (κ3) is 2.79. The number of benzene rings is 2. The standard InChI is InChI=1S/C13H11F2N3O/c14-7-1-3-10(15)12(5-7)18-11-4-2-8(16)6-9(11)13(17)19/h1-6,18H,16H2,(H2,17,19). The molecule has 6 heteroatoms. The Labute approximate surface area is 108 Å². The summed E-state index contributed by atoms with van der Waals surface area (Å²) < 4.78 is 26.6. The summed E-state index contributed by atoms with van der Waals surface area (Å²) in [6, 6.07) is 7.32. The predicted molar refractivity (Wildman–Crippen MR) is 69.0 cm³/mol. The number of nitrogens with two attached hydrogens (primary N) is 2. The molecular weight excluding hydrogens is 252 g/mol. The Morgan fingerprint density at radius 1 is 1.05 bits per heavy atom. The summed E-state index contributed by atoms with van der Waals surface area (Å²) >= 11 is 0. The zero-order valence-corrected chi connectivity index (χ0v) is 9.78. The lowest BCUT2D eigenvalue weighted by atomic mass is 10.1. The molecule has 98 valence electrons. The molecule has 0 radical (unpaired) electrons. The molecule has 0 aromatic heterocycles. The van der Waals surface area contributed by atoms with E-state index in [-0.39, 0.29) is 16.9 Å². The van der Waals surface area contributed by atoms with Gasteiger partial charge in [0.1, 0.15) is 11.6 Å². The van der Waals surface area contributed by atoms with Crippen molar-refractivity contribution in [1.29, 1.82) is 0 Å². The molecule has 0 bridgehead atoms. The highest BCUT2D eigenvalue weighted by molar-refractivity contribution is 6.00. The summed E-state index contributed by atoms with van der Waals surface area (Å²) in [5.41, 5.74) is 11.4. The van der Waals surface area contributed by atoms with E-state index in [9.17, 15) is 13.6 Å². The van der Waals surface area contributed by atoms with E-state index in [0.29, 0.717) is 5.69 Å². The van der Waals surface area contributed by atoms with Crippen molar-refractivity contribution in [3.63, 3.8) is 0 Å². The molecule has 0 saturated carbocycles. The van der Waals surface area contributed by atoms with Gasteiger partial charge in [0, 0.05) is 11.8 Å². The molecule has 2 aromatic rings. The van der Waals surface area contributed by atoms with Crippen molar-refractivity contribution in [2.75, 3.05) is 11.1 Å². The number of nitrogens with one attached hydrogen (secondary N) is 1. The van der Waals surface area contributed by atoms with Crippen LogP contribution in [0.2, 0.25) is 0 Å². The molecule has 19 heavy (non-hydrogen) atoms. The van der Waals surface area contributed by atoms with Crippen LogP contribution in [0.25, 0.3) is 0 Å². The molecule has 0 heterocycles. The zero-order valence-electron chi connectivity index (χ0n) is 9.78. The smallest absolute Gasteiger partial charge is 0.250 e. The first kappa shape index (κ1) is 12.8. The first-order valence-electron chi connectivity index (χ1n) is 5.39. The van der Waals surface area contributed by atoms with Gasteiger partial charge < -0.3 is 16.8 Å². The van der Waals surface area contributed by atoms with Crippen LogP contribution in [-0.4, -0.2) is 5.91 Å². The highest BCUT2D eigenvalue weighted by atomic mass is 19.1. The van der Waals surface area contributed by atoms with Crippen LogP contribution in [0, 0.1) is 11.6 Å². The minimum Gasteiger partial charge on any atom is -0.399 e. The van der Waals surface area contributed by atoms with Crippen molar-refractivity contribution in [2.45, 2.75) is 0 Å². The average Bonchev–Trinajstić information content (AvgIpc) is 2.35. The van der Waals surface area contributed by atoms with Crippen LogP contribution in [0.1, 0.15) is 10.4 Å². The minimum atomic E-state index is -0.716. The van der Waals surface area contributed by atoms with Gasteiger partial charge in [0.05, 0.1) is 16.9 Å². The van der Waals surface area contributed by atoms with Gasteiger partial charge in [-0.05, 0) is 30.3 Å². The second-order valence-corrected chi connectivity index (χ2v) is 3.92. The van der Waals surface area contributed by atoms with Crippen LogP contribution < -0.4 is 16.8 Å². The monoisotopic (exact) mass is 263 g/mol. The third-order valence-corrected chi connectivity index (χ3v) is 2.51. The molecule has 0 saturated heterocycles. The molecule has 5 N–H and O–H groups in total. The fourth-order valence-corrected chi connectivity index (χ4v) is 1.61. The predicted octanol–water partition coefficient (Wildman–Crippen LogP) is 2.39. The van der Waals surface area contributed by atoms with E-state index < -0.39 is 17.5 Å². The second kappa shape index (κ2) is 4.93. The SMILES string of the molecule is NC(=O)c1cc(N)ccc1Nc1cc(F)ccc1F. The molecule has 0 aliphatic rings. The first-order valence-corrected chi connectivity index (χ1v) is 5.39. The van der Waals surface area contributed by atoms with Crippen molar-refractivity contribution in [1.82, 2.24) is 0 Å². The van der Waals surface area contributed by atoms with E-state index in [1.54, 1.807) is 0 Å². The van der Waals surface area contributed by atoms with Gasteiger partial charge in [0.25, 0.3) is 5.91 Å². The molecule has 0 aliphatic heterocycles. The van der Waals surface area contributed by atoms with Crippen LogP contribution in [0.5, 0.6) is 0 Å². The summed E-state index contributed by atoms with van der Waals surface area (Å²) in [4.78, 5) is 11.3. The third-order valence-electron chi connectivity index (χ3n) is 2.51. The van der Waals surface area contributed by atoms with E-state index in [0.717, 1.165) is 18.2 Å². The second-order valence-electron chi connectivity index (χ2n) is 3.92. The number of halogens is 2. The van der Waals surface area contributed by atoms with Crippen LogP contribution in [-0.2, 0) is 0 Å². The van der Waals surface area contributed by atoms with Crippen molar-refractivity contribution in [3.05, 3.63) is 53.6 Å². The van der Waals surface area contributed by atoms with Crippen molar-refractivity contribution >= 4 is 23.0 Å². The fourth-order valence-electron chi connectivity index (χ4n) is 1.61. The maximum absolute atomic E-state index is 13.5. The van der Waals surface area contributed by atoms with Gasteiger partial charge >= 0.3 is 0 Å². The molecule has 2 aromatic carbocycles. The first-order chi connectivity index (χ1) is 8.97. The van der Waals surface area contributed by atoms with E-state index in [2.05, 4.69) is 5.32 Å². The Morgan fingerprint density at radius 3 is 2.47 bits per heavy atom. The fraction of sp³-hybridized carbons (Fsp3) is 0.